The van der Waals surface area contributed by atoms with E-state index in [0.29, 0.717) is 23.5 Å². The van der Waals surface area contributed by atoms with Crippen molar-refractivity contribution in [1.29, 1.82) is 0 Å². The number of ketones is 1. The van der Waals surface area contributed by atoms with Gasteiger partial charge in [0.15, 0.2) is 11.5 Å². The fourth-order valence-corrected chi connectivity index (χ4v) is 4.07. The Morgan fingerprint density at radius 2 is 1.76 bits per heavy atom. The number of benzene rings is 3. The molecular weight excluding hydrogens is 434 g/mol. The molecule has 3 aromatic carbocycles. The molecule has 1 saturated heterocycles. The average Bonchev–Trinajstić information content (AvgIpc) is 3.10. The normalized spacial score (nSPS) is 17.1. The van der Waals surface area contributed by atoms with Gasteiger partial charge in [-0.25, -0.2) is 0 Å². The zero-order valence-corrected chi connectivity index (χ0v) is 18.9. The summed E-state index contributed by atoms with van der Waals surface area (Å²) in [4.78, 5) is 27.8. The molecular formula is C27H25NO6. The number of nitrogens with zero attached hydrogens (tertiary/aromatic N) is 1. The minimum Gasteiger partial charge on any atom is -0.507 e. The lowest BCUT2D eigenvalue weighted by Crippen LogP contribution is -2.29. The van der Waals surface area contributed by atoms with Gasteiger partial charge in [-0.05, 0) is 42.3 Å². The maximum absolute atomic E-state index is 13.2. The van der Waals surface area contributed by atoms with Crippen LogP contribution < -0.4 is 9.47 Å². The molecule has 1 aliphatic heterocycles. The number of carbonyl (C=O) groups excluding carboxylic acids is 2. The number of phenols is 1. The largest absolute Gasteiger partial charge is 0.507 e. The van der Waals surface area contributed by atoms with Crippen LogP contribution in [0, 0.1) is 0 Å². The molecule has 1 unspecified atom stereocenters. The van der Waals surface area contributed by atoms with Crippen molar-refractivity contribution in [2.24, 2.45) is 0 Å². The van der Waals surface area contributed by atoms with Gasteiger partial charge in [0.1, 0.15) is 11.5 Å². The van der Waals surface area contributed by atoms with Crippen molar-refractivity contribution in [3.63, 3.8) is 0 Å². The topological polar surface area (TPSA) is 96.3 Å². The van der Waals surface area contributed by atoms with Crippen LogP contribution in [-0.4, -0.2) is 40.5 Å². The first-order valence-corrected chi connectivity index (χ1v) is 10.9. The third kappa shape index (κ3) is 4.32. The van der Waals surface area contributed by atoms with Gasteiger partial charge in [-0.2, -0.15) is 0 Å². The Labute approximate surface area is 197 Å². The Kier molecular flexibility index (Phi) is 6.54. The Morgan fingerprint density at radius 1 is 1.00 bits per heavy atom. The Bertz CT molecular complexity index is 1250. The monoisotopic (exact) mass is 459 g/mol. The number of rotatable bonds is 7. The summed E-state index contributed by atoms with van der Waals surface area (Å²) < 4.78 is 10.8. The summed E-state index contributed by atoms with van der Waals surface area (Å²) in [7, 11) is 1.50. The Hall–Kier alpha value is -4.26. The number of hydrogen-bond acceptors (Lipinski definition) is 6. The minimum atomic E-state index is -0.883. The SMILES string of the molecule is CCOc1cc(C2/C(=C(\O)c3cccc(OC)c3)C(=O)C(=O)N2Cc2ccccc2)ccc1O. The molecule has 2 N–H and O–H groups in total. The fraction of sp³-hybridized carbons (Fsp3) is 0.185. The minimum absolute atomic E-state index is 0.0395. The molecule has 7 heteroatoms. The van der Waals surface area contributed by atoms with Gasteiger partial charge in [0.2, 0.25) is 0 Å². The van der Waals surface area contributed by atoms with Gasteiger partial charge < -0.3 is 24.6 Å². The molecule has 174 valence electrons. The molecule has 0 bridgehead atoms. The van der Waals surface area contributed by atoms with E-state index in [1.54, 1.807) is 43.3 Å². The third-order valence-corrected chi connectivity index (χ3v) is 5.68. The molecule has 1 atom stereocenters. The summed E-state index contributed by atoms with van der Waals surface area (Å²) in [6, 6.07) is 19.7. The number of likely N-dealkylation sites (tertiary alicyclic amines) is 1. The second kappa shape index (κ2) is 9.70. The van der Waals surface area contributed by atoms with Crippen molar-refractivity contribution in [2.45, 2.75) is 19.5 Å². The van der Waals surface area contributed by atoms with E-state index in [2.05, 4.69) is 0 Å². The van der Waals surface area contributed by atoms with Gasteiger partial charge in [-0.1, -0.05) is 48.5 Å². The number of aliphatic hydroxyl groups is 1. The molecule has 3 aromatic rings. The smallest absolute Gasteiger partial charge is 0.295 e. The second-order valence-electron chi connectivity index (χ2n) is 7.80. The molecule has 7 nitrogen and oxygen atoms in total. The second-order valence-corrected chi connectivity index (χ2v) is 7.80. The lowest BCUT2D eigenvalue weighted by Gasteiger charge is -2.26. The van der Waals surface area contributed by atoms with E-state index in [1.807, 2.05) is 30.3 Å². The molecule has 0 aromatic heterocycles. The van der Waals surface area contributed by atoms with Crippen LogP contribution in [0.1, 0.15) is 29.7 Å². The molecule has 1 aliphatic rings. The van der Waals surface area contributed by atoms with Gasteiger partial charge in [0, 0.05) is 12.1 Å². The van der Waals surface area contributed by atoms with Crippen LogP contribution in [0.25, 0.3) is 5.76 Å². The first kappa shape index (κ1) is 22.9. The van der Waals surface area contributed by atoms with Gasteiger partial charge in [0.25, 0.3) is 11.7 Å². The van der Waals surface area contributed by atoms with E-state index in [9.17, 15) is 19.8 Å². The molecule has 34 heavy (non-hydrogen) atoms. The standard InChI is InChI=1S/C27H25NO6/c1-3-34-22-15-18(12-13-21(22)29)24-23(25(30)19-10-7-11-20(14-19)33-2)26(31)27(32)28(24)16-17-8-5-4-6-9-17/h4-15,24,29-30H,3,16H2,1-2H3/b25-23+. The van der Waals surface area contributed by atoms with Crippen LogP contribution >= 0.6 is 0 Å². The van der Waals surface area contributed by atoms with Crippen molar-refractivity contribution < 1.29 is 29.3 Å². The van der Waals surface area contributed by atoms with Crippen LogP contribution in [0.5, 0.6) is 17.2 Å². The zero-order valence-electron chi connectivity index (χ0n) is 18.9. The van der Waals surface area contributed by atoms with Gasteiger partial charge in [-0.3, -0.25) is 9.59 Å². The number of hydrogen-bond donors (Lipinski definition) is 2. The van der Waals surface area contributed by atoms with E-state index < -0.39 is 17.7 Å². The van der Waals surface area contributed by atoms with E-state index in [0.717, 1.165) is 5.56 Å². The van der Waals surface area contributed by atoms with Gasteiger partial charge >= 0.3 is 0 Å². The molecule has 4 rings (SSSR count). The van der Waals surface area contributed by atoms with Crippen molar-refractivity contribution in [3.8, 4) is 17.2 Å². The van der Waals surface area contributed by atoms with Crippen LogP contribution in [0.4, 0.5) is 0 Å². The lowest BCUT2D eigenvalue weighted by molar-refractivity contribution is -0.140. The molecule has 0 aliphatic carbocycles. The summed E-state index contributed by atoms with van der Waals surface area (Å²) in [5.74, 6) is -1.13. The summed E-state index contributed by atoms with van der Waals surface area (Å²) in [6.07, 6.45) is 0. The number of ether oxygens (including phenoxy) is 2. The van der Waals surface area contributed by atoms with E-state index >= 15 is 0 Å². The number of Topliss-reactive ketones (excluding diaryl/α,β-unsaturated/α-hetero) is 1. The molecule has 0 saturated carbocycles. The van der Waals surface area contributed by atoms with Gasteiger partial charge in [-0.15, -0.1) is 0 Å². The highest BCUT2D eigenvalue weighted by Gasteiger charge is 2.46. The van der Waals surface area contributed by atoms with Gasteiger partial charge in [0.05, 0.1) is 25.3 Å². The number of amides is 1. The van der Waals surface area contributed by atoms with Crippen LogP contribution in [0.3, 0.4) is 0 Å². The highest BCUT2D eigenvalue weighted by Crippen LogP contribution is 2.42. The quantitative estimate of drug-likeness (QED) is 0.308. The van der Waals surface area contributed by atoms with E-state index in [-0.39, 0.29) is 29.4 Å². The predicted octanol–water partition coefficient (Wildman–Crippen LogP) is 4.42. The summed E-state index contributed by atoms with van der Waals surface area (Å²) in [5.41, 5.74) is 1.67. The first-order valence-electron chi connectivity index (χ1n) is 10.9. The van der Waals surface area contributed by atoms with Crippen molar-refractivity contribution in [1.82, 2.24) is 4.90 Å². The summed E-state index contributed by atoms with van der Waals surface area (Å²) in [5, 5.41) is 21.4. The fourth-order valence-electron chi connectivity index (χ4n) is 4.07. The summed E-state index contributed by atoms with van der Waals surface area (Å²) >= 11 is 0. The van der Waals surface area contributed by atoms with E-state index in [1.165, 1.54) is 18.1 Å². The maximum atomic E-state index is 13.2. The Morgan fingerprint density at radius 3 is 2.47 bits per heavy atom. The van der Waals surface area contributed by atoms with Crippen LogP contribution in [0.15, 0.2) is 78.4 Å². The van der Waals surface area contributed by atoms with Crippen LogP contribution in [0.2, 0.25) is 0 Å². The number of phenolic OH excluding ortho intramolecular Hbond substituents is 1. The first-order chi connectivity index (χ1) is 16.4. The predicted molar refractivity (Wildman–Crippen MR) is 127 cm³/mol. The highest BCUT2D eigenvalue weighted by molar-refractivity contribution is 6.46. The van der Waals surface area contributed by atoms with Crippen molar-refractivity contribution in [3.05, 3.63) is 95.1 Å². The van der Waals surface area contributed by atoms with Crippen LogP contribution in [-0.2, 0) is 16.1 Å². The van der Waals surface area contributed by atoms with Crippen molar-refractivity contribution >= 4 is 17.4 Å². The number of carbonyl (C=O) groups is 2. The molecule has 0 radical (unpaired) electrons. The molecule has 1 heterocycles. The lowest BCUT2D eigenvalue weighted by atomic mass is 9.94. The number of aromatic hydroxyl groups is 1. The van der Waals surface area contributed by atoms with E-state index in [4.69, 9.17) is 9.47 Å². The average molecular weight is 459 g/mol. The third-order valence-electron chi connectivity index (χ3n) is 5.68. The van der Waals surface area contributed by atoms with Crippen molar-refractivity contribution in [2.75, 3.05) is 13.7 Å². The zero-order chi connectivity index (χ0) is 24.2. The Balaban J connectivity index is 1.89. The molecule has 1 amide bonds. The number of aliphatic hydroxyl groups excluding tert-OH is 1. The maximum Gasteiger partial charge on any atom is 0.295 e. The highest BCUT2D eigenvalue weighted by atomic mass is 16.5. The number of methoxy groups -OCH3 is 1. The summed E-state index contributed by atoms with van der Waals surface area (Å²) in [6.45, 7) is 2.28. The molecule has 0 spiro atoms. The molecule has 1 fully saturated rings.